The van der Waals surface area contributed by atoms with Gasteiger partial charge in [0, 0.05) is 18.3 Å². The topological polar surface area (TPSA) is 59.1 Å². The van der Waals surface area contributed by atoms with E-state index in [0.29, 0.717) is 5.92 Å². The molecule has 3 nitrogen and oxygen atoms in total. The predicted molar refractivity (Wildman–Crippen MR) is 47.7 cm³/mol. The first-order chi connectivity index (χ1) is 5.61. The highest BCUT2D eigenvalue weighted by atomic mass is 16.3. The number of nitrogens with two attached hydrogens (primary N) is 1. The SMILES string of the molecule is CC(C)C(N)c1cc(O)ccn1. The Balaban J connectivity index is 2.88. The largest absolute Gasteiger partial charge is 0.508 e. The Labute approximate surface area is 72.2 Å². The molecule has 0 spiro atoms. The zero-order valence-corrected chi connectivity index (χ0v) is 7.36. The van der Waals surface area contributed by atoms with Crippen LogP contribution in [0.25, 0.3) is 0 Å². The lowest BCUT2D eigenvalue weighted by atomic mass is 10.0. The second kappa shape index (κ2) is 3.54. The first-order valence-corrected chi connectivity index (χ1v) is 4.01. The van der Waals surface area contributed by atoms with Crippen molar-refractivity contribution in [3.8, 4) is 5.75 Å². The van der Waals surface area contributed by atoms with Gasteiger partial charge in [-0.1, -0.05) is 13.8 Å². The molecule has 0 aliphatic carbocycles. The number of aromatic nitrogens is 1. The molecule has 3 N–H and O–H groups in total. The highest BCUT2D eigenvalue weighted by molar-refractivity contribution is 5.22. The predicted octanol–water partition coefficient (Wildman–Crippen LogP) is 1.44. The molecule has 1 atom stereocenters. The summed E-state index contributed by atoms with van der Waals surface area (Å²) >= 11 is 0. The van der Waals surface area contributed by atoms with Crippen molar-refractivity contribution in [2.24, 2.45) is 11.7 Å². The Morgan fingerprint density at radius 2 is 2.17 bits per heavy atom. The molecule has 1 rings (SSSR count). The van der Waals surface area contributed by atoms with Gasteiger partial charge in [0.1, 0.15) is 5.75 Å². The zero-order chi connectivity index (χ0) is 9.14. The van der Waals surface area contributed by atoms with E-state index in [1.165, 1.54) is 6.07 Å². The first-order valence-electron chi connectivity index (χ1n) is 4.01. The standard InChI is InChI=1S/C9H14N2O/c1-6(2)9(10)8-5-7(12)3-4-11-8/h3-6,9H,10H2,1-2H3,(H,11,12). The molecular formula is C9H14N2O. The van der Waals surface area contributed by atoms with Crippen molar-refractivity contribution in [2.75, 3.05) is 0 Å². The van der Waals surface area contributed by atoms with Gasteiger partial charge in [0.25, 0.3) is 0 Å². The summed E-state index contributed by atoms with van der Waals surface area (Å²) in [5.41, 5.74) is 6.57. The Hall–Kier alpha value is -1.09. The third kappa shape index (κ3) is 1.95. The van der Waals surface area contributed by atoms with Gasteiger partial charge in [0.2, 0.25) is 0 Å². The minimum atomic E-state index is -0.0999. The number of nitrogens with zero attached hydrogens (tertiary/aromatic N) is 1. The lowest BCUT2D eigenvalue weighted by Crippen LogP contribution is -2.17. The van der Waals surface area contributed by atoms with Crippen LogP contribution in [-0.4, -0.2) is 10.1 Å². The maximum atomic E-state index is 9.15. The molecule has 0 bridgehead atoms. The van der Waals surface area contributed by atoms with Crippen molar-refractivity contribution in [3.05, 3.63) is 24.0 Å². The highest BCUT2D eigenvalue weighted by Crippen LogP contribution is 2.19. The van der Waals surface area contributed by atoms with Crippen molar-refractivity contribution in [3.63, 3.8) is 0 Å². The number of hydrogen-bond donors (Lipinski definition) is 2. The molecule has 12 heavy (non-hydrogen) atoms. The van der Waals surface area contributed by atoms with Crippen LogP contribution in [0.3, 0.4) is 0 Å². The third-order valence-electron chi connectivity index (χ3n) is 1.82. The molecular weight excluding hydrogens is 152 g/mol. The van der Waals surface area contributed by atoms with Crippen LogP contribution in [0.5, 0.6) is 5.75 Å². The van der Waals surface area contributed by atoms with Gasteiger partial charge in [-0.25, -0.2) is 0 Å². The monoisotopic (exact) mass is 166 g/mol. The zero-order valence-electron chi connectivity index (χ0n) is 7.36. The van der Waals surface area contributed by atoms with E-state index < -0.39 is 0 Å². The normalized spacial score (nSPS) is 13.3. The van der Waals surface area contributed by atoms with Crippen molar-refractivity contribution >= 4 is 0 Å². The molecule has 1 unspecified atom stereocenters. The number of hydrogen-bond acceptors (Lipinski definition) is 3. The second-order valence-electron chi connectivity index (χ2n) is 3.21. The molecule has 0 amide bonds. The van der Waals surface area contributed by atoms with Crippen molar-refractivity contribution in [1.82, 2.24) is 4.98 Å². The van der Waals surface area contributed by atoms with Crippen LogP contribution in [0, 0.1) is 5.92 Å². The van der Waals surface area contributed by atoms with Crippen LogP contribution in [0.15, 0.2) is 18.3 Å². The lowest BCUT2D eigenvalue weighted by Gasteiger charge is -2.14. The average Bonchev–Trinajstić information content (AvgIpc) is 2.03. The fourth-order valence-corrected chi connectivity index (χ4v) is 0.960. The Morgan fingerprint density at radius 1 is 1.50 bits per heavy atom. The van der Waals surface area contributed by atoms with E-state index in [9.17, 15) is 0 Å². The molecule has 1 aromatic rings. The summed E-state index contributed by atoms with van der Waals surface area (Å²) in [6.45, 7) is 4.05. The van der Waals surface area contributed by atoms with Gasteiger partial charge in [-0.3, -0.25) is 4.98 Å². The minimum Gasteiger partial charge on any atom is -0.508 e. The van der Waals surface area contributed by atoms with Gasteiger partial charge >= 0.3 is 0 Å². The summed E-state index contributed by atoms with van der Waals surface area (Å²) in [7, 11) is 0. The molecule has 0 fully saturated rings. The molecule has 0 aromatic carbocycles. The maximum Gasteiger partial charge on any atom is 0.118 e. The third-order valence-corrected chi connectivity index (χ3v) is 1.82. The Bertz CT molecular complexity index is 260. The van der Waals surface area contributed by atoms with Crippen molar-refractivity contribution in [1.29, 1.82) is 0 Å². The second-order valence-corrected chi connectivity index (χ2v) is 3.21. The number of rotatable bonds is 2. The molecule has 0 radical (unpaired) electrons. The van der Waals surface area contributed by atoms with Gasteiger partial charge in [-0.2, -0.15) is 0 Å². The molecule has 1 heterocycles. The van der Waals surface area contributed by atoms with Gasteiger partial charge in [-0.15, -0.1) is 0 Å². The molecule has 1 aromatic heterocycles. The molecule has 66 valence electrons. The Morgan fingerprint density at radius 3 is 2.67 bits per heavy atom. The minimum absolute atomic E-state index is 0.0999. The first kappa shape index (κ1) is 9.00. The average molecular weight is 166 g/mol. The van der Waals surface area contributed by atoms with Crippen LogP contribution >= 0.6 is 0 Å². The van der Waals surface area contributed by atoms with E-state index in [1.54, 1.807) is 12.3 Å². The summed E-state index contributed by atoms with van der Waals surface area (Å²) in [6, 6.07) is 3.04. The maximum absolute atomic E-state index is 9.15. The molecule has 0 aliphatic rings. The van der Waals surface area contributed by atoms with E-state index in [0.717, 1.165) is 5.69 Å². The molecule has 0 saturated carbocycles. The quantitative estimate of drug-likeness (QED) is 0.699. The van der Waals surface area contributed by atoms with E-state index in [2.05, 4.69) is 4.98 Å². The Kier molecular flexibility index (Phi) is 2.65. The number of pyridine rings is 1. The van der Waals surface area contributed by atoms with E-state index in [1.807, 2.05) is 13.8 Å². The van der Waals surface area contributed by atoms with Crippen LogP contribution in [0.1, 0.15) is 25.6 Å². The lowest BCUT2D eigenvalue weighted by molar-refractivity contribution is 0.464. The molecule has 0 aliphatic heterocycles. The van der Waals surface area contributed by atoms with Crippen LogP contribution in [-0.2, 0) is 0 Å². The summed E-state index contributed by atoms with van der Waals surface area (Å²) in [5.74, 6) is 0.551. The van der Waals surface area contributed by atoms with Gasteiger partial charge < -0.3 is 10.8 Å². The highest BCUT2D eigenvalue weighted by Gasteiger charge is 2.11. The smallest absolute Gasteiger partial charge is 0.118 e. The van der Waals surface area contributed by atoms with Gasteiger partial charge in [0.15, 0.2) is 0 Å². The van der Waals surface area contributed by atoms with Gasteiger partial charge in [0.05, 0.1) is 5.69 Å². The van der Waals surface area contributed by atoms with Crippen molar-refractivity contribution in [2.45, 2.75) is 19.9 Å². The number of aromatic hydroxyl groups is 1. The fourth-order valence-electron chi connectivity index (χ4n) is 0.960. The van der Waals surface area contributed by atoms with Crippen LogP contribution < -0.4 is 5.73 Å². The van der Waals surface area contributed by atoms with Crippen LogP contribution in [0.4, 0.5) is 0 Å². The molecule has 0 saturated heterocycles. The summed E-state index contributed by atoms with van der Waals surface area (Å²) < 4.78 is 0. The van der Waals surface area contributed by atoms with E-state index >= 15 is 0 Å². The van der Waals surface area contributed by atoms with E-state index in [4.69, 9.17) is 10.8 Å². The molecule has 3 heteroatoms. The fraction of sp³-hybridized carbons (Fsp3) is 0.444. The van der Waals surface area contributed by atoms with E-state index in [-0.39, 0.29) is 11.8 Å². The summed E-state index contributed by atoms with van der Waals surface area (Å²) in [5, 5.41) is 9.15. The van der Waals surface area contributed by atoms with Crippen molar-refractivity contribution < 1.29 is 5.11 Å². The summed E-state index contributed by atoms with van der Waals surface area (Å²) in [6.07, 6.45) is 1.56. The van der Waals surface area contributed by atoms with Crippen LogP contribution in [0.2, 0.25) is 0 Å². The van der Waals surface area contributed by atoms with Gasteiger partial charge in [-0.05, 0) is 12.0 Å². The summed E-state index contributed by atoms with van der Waals surface area (Å²) in [4.78, 5) is 4.08.